The van der Waals surface area contributed by atoms with Crippen LogP contribution >= 0.6 is 0 Å². The Morgan fingerprint density at radius 3 is 2.23 bits per heavy atom. The molecule has 2 unspecified atom stereocenters. The second kappa shape index (κ2) is 16.4. The van der Waals surface area contributed by atoms with Crippen molar-refractivity contribution in [2.75, 3.05) is 26.4 Å². The highest BCUT2D eigenvalue weighted by atomic mass is 19.1. The van der Waals surface area contributed by atoms with Gasteiger partial charge in [0, 0.05) is 42.1 Å². The van der Waals surface area contributed by atoms with Crippen molar-refractivity contribution in [3.8, 4) is 0 Å². The molecule has 52 heavy (non-hydrogen) atoms. The number of hydrogen-bond donors (Lipinski definition) is 6. The number of allylic oxidation sites excluding steroid dienone is 4. The second-order valence-corrected chi connectivity index (χ2v) is 14.3. The molecule has 9 atom stereocenters. The summed E-state index contributed by atoms with van der Waals surface area (Å²) < 4.78 is 44.9. The number of carbonyl (C=O) groups excluding carboxylic acids is 5. The maximum Gasteiger partial charge on any atom is 0.308 e. The maximum atomic E-state index is 17.7. The van der Waals surface area contributed by atoms with E-state index < -0.39 is 112 Å². The molecule has 1 amide bonds. The molecule has 4 aliphatic rings. The van der Waals surface area contributed by atoms with Gasteiger partial charge in [-0.2, -0.15) is 0 Å². The van der Waals surface area contributed by atoms with Crippen molar-refractivity contribution in [1.82, 2.24) is 16.1 Å². The molecule has 0 heterocycles. The van der Waals surface area contributed by atoms with Crippen molar-refractivity contribution in [1.29, 1.82) is 0 Å². The predicted molar refractivity (Wildman–Crippen MR) is 167 cm³/mol. The van der Waals surface area contributed by atoms with Gasteiger partial charge in [0.15, 0.2) is 23.7 Å². The number of fused-ring (bicyclic) bond motifs is 5. The van der Waals surface area contributed by atoms with Gasteiger partial charge >= 0.3 is 11.9 Å². The van der Waals surface area contributed by atoms with Crippen molar-refractivity contribution < 1.29 is 77.8 Å². The summed E-state index contributed by atoms with van der Waals surface area (Å²) in [5.41, 5.74) is -7.82. The minimum absolute atomic E-state index is 0.0569. The average Bonchev–Trinajstić information content (AvgIpc) is 3.28. The first-order chi connectivity index (χ1) is 24.3. The van der Waals surface area contributed by atoms with Gasteiger partial charge in [-0.3, -0.25) is 54.5 Å². The number of alkyl halides is 2. The third-order valence-electron chi connectivity index (χ3n) is 11.4. The number of ether oxygens (including phenoxy) is 2. The second-order valence-electron chi connectivity index (χ2n) is 14.3. The molecule has 0 spiro atoms. The molecule has 292 valence electrons. The zero-order valence-corrected chi connectivity index (χ0v) is 29.2. The van der Waals surface area contributed by atoms with Gasteiger partial charge < -0.3 is 19.9 Å². The number of halogens is 2. The van der Waals surface area contributed by atoms with Crippen LogP contribution in [0.4, 0.5) is 8.78 Å². The molecule has 3 saturated carbocycles. The maximum absolute atomic E-state index is 17.7. The van der Waals surface area contributed by atoms with Crippen LogP contribution < -0.4 is 5.32 Å². The van der Waals surface area contributed by atoms with E-state index in [2.05, 4.69) is 15.0 Å². The lowest BCUT2D eigenvalue weighted by Crippen LogP contribution is -2.71. The van der Waals surface area contributed by atoms with Gasteiger partial charge in [0.05, 0.1) is 36.5 Å². The van der Waals surface area contributed by atoms with Crippen LogP contribution in [0.1, 0.15) is 72.1 Å². The van der Waals surface area contributed by atoms with Gasteiger partial charge in [-0.25, -0.2) is 8.78 Å². The highest BCUT2D eigenvalue weighted by molar-refractivity contribution is 6.01. The van der Waals surface area contributed by atoms with Crippen molar-refractivity contribution in [2.45, 2.75) is 95.7 Å². The van der Waals surface area contributed by atoms with Gasteiger partial charge in [-0.05, 0) is 62.7 Å². The number of aliphatic hydroxyl groups is 1. The fourth-order valence-electron chi connectivity index (χ4n) is 9.08. The minimum atomic E-state index is -2.47. The summed E-state index contributed by atoms with van der Waals surface area (Å²) in [6.45, 7) is 3.06. The van der Waals surface area contributed by atoms with E-state index in [0.717, 1.165) is 12.2 Å². The molecule has 0 radical (unpaired) electrons. The number of Topliss-reactive ketones (excluding diaryl/α,β-unsaturated/α-hetero) is 1. The molecule has 17 nitrogen and oxygen atoms in total. The first kappa shape index (κ1) is 41.5. The monoisotopic (exact) mass is 747 g/mol. The number of nitrogens with zero attached hydrogens (tertiary/aromatic N) is 2. The summed E-state index contributed by atoms with van der Waals surface area (Å²) in [5, 5.41) is 47.8. The van der Waals surface area contributed by atoms with E-state index in [4.69, 9.17) is 30.3 Å². The number of esters is 2. The predicted octanol–water partition coefficient (Wildman–Crippen LogP) is 2.04. The molecule has 4 rings (SSSR count). The van der Waals surface area contributed by atoms with Gasteiger partial charge in [0.1, 0.15) is 6.17 Å². The molecule has 3 fully saturated rings. The highest BCUT2D eigenvalue weighted by Gasteiger charge is 2.78. The number of aliphatic hydroxyl groups excluding tert-OH is 1. The van der Waals surface area contributed by atoms with E-state index in [1.165, 1.54) is 13.0 Å². The van der Waals surface area contributed by atoms with E-state index in [1.807, 2.05) is 0 Å². The first-order valence-electron chi connectivity index (χ1n) is 17.1. The van der Waals surface area contributed by atoms with E-state index in [1.54, 1.807) is 13.8 Å². The zero-order valence-electron chi connectivity index (χ0n) is 29.2. The van der Waals surface area contributed by atoms with Crippen LogP contribution in [0.2, 0.25) is 0 Å². The molecule has 4 aliphatic carbocycles. The summed E-state index contributed by atoms with van der Waals surface area (Å²) in [4.78, 5) is 73.3. The molecule has 0 aromatic heterocycles. The van der Waals surface area contributed by atoms with Gasteiger partial charge in [-0.15, -0.1) is 0 Å². The fourth-order valence-corrected chi connectivity index (χ4v) is 9.08. The lowest BCUT2D eigenvalue weighted by molar-refractivity contribution is -0.492. The molecule has 0 saturated heterocycles. The molecule has 0 bridgehead atoms. The molecular weight excluding hydrogens is 700 g/mol. The number of amides is 1. The Kier molecular flexibility index (Phi) is 13.1. The normalized spacial score (nSPS) is 35.0. The highest BCUT2D eigenvalue weighted by Crippen LogP contribution is 2.71. The minimum Gasteiger partial charge on any atom is -0.457 e. The van der Waals surface area contributed by atoms with E-state index in [-0.39, 0.29) is 63.9 Å². The van der Waals surface area contributed by atoms with Crippen molar-refractivity contribution in [3.05, 3.63) is 23.8 Å². The molecule has 0 aromatic carbocycles. The number of carbonyl (C=O) groups is 5. The molecular formula is C33H47F2N3O14. The fraction of sp³-hybridized carbons (Fsp3) is 0.727. The van der Waals surface area contributed by atoms with E-state index >= 15 is 8.78 Å². The van der Waals surface area contributed by atoms with Gasteiger partial charge in [0.25, 0.3) is 0 Å². The SMILES string of the molecule is C[C@@H]1CC2C3C[C@H](F)C4=CC(=O)C=C[C@]4(C)[C@@]3(F)[C@@H](O)C[C@]2(C)[C@@]1(OC(=O)CCCON(O)O)C(=O)COC(=O)CCNC(=O)CCCON(O)O. The molecule has 0 aromatic rings. The van der Waals surface area contributed by atoms with Gasteiger partial charge in [-0.1, -0.05) is 19.9 Å². The molecule has 19 heteroatoms. The quantitative estimate of drug-likeness (QED) is 0.0709. The van der Waals surface area contributed by atoms with Crippen molar-refractivity contribution in [3.63, 3.8) is 0 Å². The lowest BCUT2D eigenvalue weighted by Gasteiger charge is -2.63. The third kappa shape index (κ3) is 7.83. The average molecular weight is 748 g/mol. The summed E-state index contributed by atoms with van der Waals surface area (Å²) in [6.07, 6.45) is -1.55. The van der Waals surface area contributed by atoms with E-state index in [0.29, 0.717) is 0 Å². The number of nitrogens with one attached hydrogen (secondary N) is 1. The van der Waals surface area contributed by atoms with Crippen LogP contribution in [-0.2, 0) is 43.1 Å². The smallest absolute Gasteiger partial charge is 0.308 e. The number of rotatable bonds is 17. The Hall–Kier alpha value is -3.27. The van der Waals surface area contributed by atoms with Gasteiger partial charge in [0.2, 0.25) is 11.7 Å². The molecule has 0 aliphatic heterocycles. The summed E-state index contributed by atoms with van der Waals surface area (Å²) in [6, 6.07) is 0. The molecule has 6 N–H and O–H groups in total. The van der Waals surface area contributed by atoms with E-state index in [9.17, 15) is 29.1 Å². The van der Waals surface area contributed by atoms with Crippen molar-refractivity contribution >= 4 is 29.4 Å². The Morgan fingerprint density at radius 2 is 1.60 bits per heavy atom. The largest absolute Gasteiger partial charge is 0.457 e. The van der Waals surface area contributed by atoms with Crippen LogP contribution in [0, 0.1) is 28.6 Å². The summed E-state index contributed by atoms with van der Waals surface area (Å²) in [7, 11) is 0. The van der Waals surface area contributed by atoms with Crippen LogP contribution in [0.25, 0.3) is 0 Å². The standard InChI is InChI=1S/C33H47F2N3O14/c1-19-14-21-22-16-24(34)23-15-20(39)8-10-30(23,2)32(22,35)25(40)17-31(21,3)33(19,52-29(44)7-5-13-51-38(47)48)26(41)18-49-28(43)9-11-36-27(42)6-4-12-50-37(45)46/h8,10,15,19,21-22,24-25,40,45-48H,4-7,9,11-14,16-18H2,1-3H3,(H,36,42)/t19-,21?,22?,24+,25+,30+,31+,32+,33+/m1/s1. The zero-order chi connectivity index (χ0) is 38.6. The Bertz CT molecular complexity index is 1450. The first-order valence-corrected chi connectivity index (χ1v) is 17.1. The van der Waals surface area contributed by atoms with Crippen LogP contribution in [-0.4, -0.2) is 116 Å². The van der Waals surface area contributed by atoms with Crippen LogP contribution in [0.5, 0.6) is 0 Å². The van der Waals surface area contributed by atoms with Crippen molar-refractivity contribution in [2.24, 2.45) is 28.6 Å². The Labute approximate surface area is 297 Å². The summed E-state index contributed by atoms with van der Waals surface area (Å²) in [5.74, 6) is -6.49. The third-order valence-corrected chi connectivity index (χ3v) is 11.4. The topological polar surface area (TPSA) is 242 Å². The lowest BCUT2D eigenvalue weighted by atomic mass is 9.44. The Balaban J connectivity index is 1.55. The number of ketones is 2. The summed E-state index contributed by atoms with van der Waals surface area (Å²) >= 11 is 0. The number of hydrogen-bond acceptors (Lipinski definition) is 16. The Morgan fingerprint density at radius 1 is 0.962 bits per heavy atom. The van der Waals surface area contributed by atoms with Crippen LogP contribution in [0.15, 0.2) is 23.8 Å². The van der Waals surface area contributed by atoms with Crippen LogP contribution in [0.3, 0.4) is 0 Å².